The molecule has 0 aliphatic carbocycles. The normalized spacial score (nSPS) is 15.7. The Balaban J connectivity index is 2.67. The average Bonchev–Trinajstić information content (AvgIpc) is 2.50. The molecule has 1 rings (SSSR count). The van der Waals surface area contributed by atoms with Crippen molar-refractivity contribution in [3.05, 3.63) is 17.7 Å². The van der Waals surface area contributed by atoms with Crippen molar-refractivity contribution in [3.63, 3.8) is 0 Å². The predicted molar refractivity (Wildman–Crippen MR) is 46.0 cm³/mol. The van der Waals surface area contributed by atoms with E-state index in [4.69, 9.17) is 5.11 Å². The summed E-state index contributed by atoms with van der Waals surface area (Å²) in [6, 6.07) is 0. The van der Waals surface area contributed by atoms with Crippen LogP contribution in [0.4, 0.5) is 0 Å². The third-order valence-corrected chi connectivity index (χ3v) is 1.94. The molecular formula is C8H14N2O3. The summed E-state index contributed by atoms with van der Waals surface area (Å²) in [5.41, 5.74) is 1.16. The number of hydrogen-bond acceptors (Lipinski definition) is 4. The monoisotopic (exact) mass is 186 g/mol. The molecule has 74 valence electrons. The van der Waals surface area contributed by atoms with E-state index in [2.05, 4.69) is 9.97 Å². The maximum absolute atomic E-state index is 9.55. The van der Waals surface area contributed by atoms with Crippen molar-refractivity contribution < 1.29 is 15.3 Å². The Hall–Kier alpha value is -0.910. The Morgan fingerprint density at radius 1 is 1.54 bits per heavy atom. The summed E-state index contributed by atoms with van der Waals surface area (Å²) in [6.07, 6.45) is -0.391. The smallest absolute Gasteiger partial charge is 0.124 e. The van der Waals surface area contributed by atoms with E-state index in [9.17, 15) is 10.2 Å². The number of aliphatic hydroxyl groups is 3. The molecule has 5 heteroatoms. The van der Waals surface area contributed by atoms with Crippen LogP contribution in [-0.2, 0) is 0 Å². The van der Waals surface area contributed by atoms with Crippen molar-refractivity contribution in [1.82, 2.24) is 9.97 Å². The van der Waals surface area contributed by atoms with E-state index in [0.717, 1.165) is 5.69 Å². The molecular weight excluding hydrogens is 172 g/mol. The molecule has 4 N–H and O–H groups in total. The molecule has 5 nitrogen and oxygen atoms in total. The minimum atomic E-state index is -1.03. The maximum Gasteiger partial charge on any atom is 0.124 e. The first-order valence-corrected chi connectivity index (χ1v) is 4.13. The number of H-pyrrole nitrogens is 1. The summed E-state index contributed by atoms with van der Waals surface area (Å²) < 4.78 is 0. The largest absolute Gasteiger partial charge is 0.396 e. The first-order valence-electron chi connectivity index (χ1n) is 4.13. The second kappa shape index (κ2) is 4.36. The fraction of sp³-hybridized carbons (Fsp3) is 0.625. The molecule has 1 aromatic heterocycles. The lowest BCUT2D eigenvalue weighted by molar-refractivity contribution is 0.00177. The van der Waals surface area contributed by atoms with Crippen LogP contribution in [-0.4, -0.2) is 38.0 Å². The fourth-order valence-electron chi connectivity index (χ4n) is 1.14. The van der Waals surface area contributed by atoms with E-state index in [1.165, 1.54) is 6.33 Å². The predicted octanol–water partition coefficient (Wildman–Crippen LogP) is -0.505. The summed E-state index contributed by atoms with van der Waals surface area (Å²) in [6.45, 7) is 1.61. The maximum atomic E-state index is 9.55. The van der Waals surface area contributed by atoms with Gasteiger partial charge in [0.15, 0.2) is 0 Å². The van der Waals surface area contributed by atoms with Gasteiger partial charge in [-0.2, -0.15) is 0 Å². The molecule has 0 bridgehead atoms. The topological polar surface area (TPSA) is 89.4 Å². The van der Waals surface area contributed by atoms with Crippen molar-refractivity contribution in [1.29, 1.82) is 0 Å². The summed E-state index contributed by atoms with van der Waals surface area (Å²) in [7, 11) is 0. The summed E-state index contributed by atoms with van der Waals surface area (Å²) in [5, 5.41) is 27.4. The van der Waals surface area contributed by atoms with Crippen LogP contribution in [0.3, 0.4) is 0 Å². The Labute approximate surface area is 76.1 Å². The molecule has 0 amide bonds. The number of aromatic amines is 1. The van der Waals surface area contributed by atoms with Crippen molar-refractivity contribution in [3.8, 4) is 0 Å². The van der Waals surface area contributed by atoms with Gasteiger partial charge in [0.1, 0.15) is 6.10 Å². The van der Waals surface area contributed by atoms with Crippen LogP contribution in [0.15, 0.2) is 6.33 Å². The fourth-order valence-corrected chi connectivity index (χ4v) is 1.14. The third-order valence-electron chi connectivity index (χ3n) is 1.94. The van der Waals surface area contributed by atoms with E-state index < -0.39 is 12.2 Å². The number of nitrogens with zero attached hydrogens (tertiary/aromatic N) is 1. The second-order valence-corrected chi connectivity index (χ2v) is 2.94. The van der Waals surface area contributed by atoms with E-state index in [0.29, 0.717) is 5.69 Å². The van der Waals surface area contributed by atoms with Crippen LogP contribution < -0.4 is 0 Å². The van der Waals surface area contributed by atoms with Gasteiger partial charge in [0, 0.05) is 12.3 Å². The Morgan fingerprint density at radius 2 is 2.23 bits per heavy atom. The molecule has 1 heterocycles. The highest BCUT2D eigenvalue weighted by atomic mass is 16.3. The zero-order valence-electron chi connectivity index (χ0n) is 7.44. The van der Waals surface area contributed by atoms with Gasteiger partial charge >= 0.3 is 0 Å². The van der Waals surface area contributed by atoms with Gasteiger partial charge in [-0.15, -0.1) is 0 Å². The van der Waals surface area contributed by atoms with E-state index in [1.807, 2.05) is 0 Å². The van der Waals surface area contributed by atoms with Crippen LogP contribution >= 0.6 is 0 Å². The number of aliphatic hydroxyl groups excluding tert-OH is 3. The van der Waals surface area contributed by atoms with Gasteiger partial charge in [-0.1, -0.05) is 0 Å². The molecule has 0 radical (unpaired) electrons. The van der Waals surface area contributed by atoms with E-state index in [-0.39, 0.29) is 13.0 Å². The van der Waals surface area contributed by atoms with Crippen molar-refractivity contribution in [2.24, 2.45) is 0 Å². The quantitative estimate of drug-likeness (QED) is 0.510. The second-order valence-electron chi connectivity index (χ2n) is 2.94. The lowest BCUT2D eigenvalue weighted by atomic mass is 10.1. The molecule has 0 aromatic carbocycles. The minimum Gasteiger partial charge on any atom is -0.396 e. The van der Waals surface area contributed by atoms with Crippen LogP contribution in [0, 0.1) is 6.92 Å². The summed E-state index contributed by atoms with van der Waals surface area (Å²) in [4.78, 5) is 6.67. The van der Waals surface area contributed by atoms with Crippen LogP contribution in [0.25, 0.3) is 0 Å². The SMILES string of the molecule is Cc1[nH]cnc1C(O)C(O)CCO. The number of nitrogens with one attached hydrogen (secondary N) is 1. The average molecular weight is 186 g/mol. The molecule has 13 heavy (non-hydrogen) atoms. The molecule has 0 aliphatic heterocycles. The number of rotatable bonds is 4. The zero-order chi connectivity index (χ0) is 9.84. The van der Waals surface area contributed by atoms with Gasteiger partial charge in [0.2, 0.25) is 0 Å². The van der Waals surface area contributed by atoms with Gasteiger partial charge in [0.05, 0.1) is 18.1 Å². The van der Waals surface area contributed by atoms with Gasteiger partial charge in [-0.05, 0) is 13.3 Å². The van der Waals surface area contributed by atoms with Gasteiger partial charge in [0.25, 0.3) is 0 Å². The lowest BCUT2D eigenvalue weighted by Gasteiger charge is -2.15. The van der Waals surface area contributed by atoms with Crippen molar-refractivity contribution in [2.45, 2.75) is 25.6 Å². The number of imidazole rings is 1. The molecule has 2 unspecified atom stereocenters. The zero-order valence-corrected chi connectivity index (χ0v) is 7.44. The Kier molecular flexibility index (Phi) is 3.41. The molecule has 0 spiro atoms. The summed E-state index contributed by atoms with van der Waals surface area (Å²) >= 11 is 0. The van der Waals surface area contributed by atoms with Gasteiger partial charge < -0.3 is 20.3 Å². The Morgan fingerprint density at radius 3 is 2.69 bits per heavy atom. The van der Waals surface area contributed by atoms with Crippen LogP contribution in [0.2, 0.25) is 0 Å². The van der Waals surface area contributed by atoms with Crippen molar-refractivity contribution >= 4 is 0 Å². The third kappa shape index (κ3) is 2.27. The molecule has 1 aromatic rings. The highest BCUT2D eigenvalue weighted by molar-refractivity contribution is 5.12. The number of hydrogen-bond donors (Lipinski definition) is 4. The van der Waals surface area contributed by atoms with Crippen molar-refractivity contribution in [2.75, 3.05) is 6.61 Å². The lowest BCUT2D eigenvalue weighted by Crippen LogP contribution is -2.20. The first-order chi connectivity index (χ1) is 6.16. The summed E-state index contributed by atoms with van der Waals surface area (Å²) in [5.74, 6) is 0. The molecule has 2 atom stereocenters. The number of aryl methyl sites for hydroxylation is 1. The van der Waals surface area contributed by atoms with E-state index in [1.54, 1.807) is 6.92 Å². The van der Waals surface area contributed by atoms with E-state index >= 15 is 0 Å². The highest BCUT2D eigenvalue weighted by Crippen LogP contribution is 2.18. The Bertz CT molecular complexity index is 262. The minimum absolute atomic E-state index is 0.146. The highest BCUT2D eigenvalue weighted by Gasteiger charge is 2.21. The molecule has 0 aliphatic rings. The van der Waals surface area contributed by atoms with Gasteiger partial charge in [-0.25, -0.2) is 4.98 Å². The first kappa shape index (κ1) is 10.2. The number of aromatic nitrogens is 2. The van der Waals surface area contributed by atoms with Crippen LogP contribution in [0.5, 0.6) is 0 Å². The molecule has 0 fully saturated rings. The van der Waals surface area contributed by atoms with Crippen LogP contribution in [0.1, 0.15) is 23.9 Å². The molecule has 0 saturated carbocycles. The molecule has 0 saturated heterocycles. The standard InChI is InChI=1S/C8H14N2O3/c1-5-7(10-4-9-5)8(13)6(12)2-3-11/h4,6,8,11-13H,2-3H2,1H3,(H,9,10). The van der Waals surface area contributed by atoms with Gasteiger partial charge in [-0.3, -0.25) is 0 Å².